The van der Waals surface area contributed by atoms with E-state index in [1.165, 1.54) is 25.8 Å². The molecule has 1 saturated heterocycles. The number of hydrogen-bond acceptors (Lipinski definition) is 3. The summed E-state index contributed by atoms with van der Waals surface area (Å²) in [5.74, 6) is 0.409. The molecular weight excluding hydrogens is 342 g/mol. The van der Waals surface area contributed by atoms with Gasteiger partial charge in [0.2, 0.25) is 0 Å². The Morgan fingerprint density at radius 1 is 1.50 bits per heavy atom. The fourth-order valence-corrected chi connectivity index (χ4v) is 3.24. The summed E-state index contributed by atoms with van der Waals surface area (Å²) < 4.78 is 0.757. The third kappa shape index (κ3) is 3.32. The summed E-state index contributed by atoms with van der Waals surface area (Å²) in [5.41, 5.74) is 0.429. The molecule has 1 amide bonds. The monoisotopic (exact) mass is 357 g/mol. The van der Waals surface area contributed by atoms with Gasteiger partial charge in [-0.3, -0.25) is 4.79 Å². The second-order valence-corrected chi connectivity index (χ2v) is 6.86. The highest BCUT2D eigenvalue weighted by Gasteiger charge is 2.34. The number of pyridine rings is 1. The first-order valence-corrected chi connectivity index (χ1v) is 8.14. The van der Waals surface area contributed by atoms with Crippen LogP contribution in [-0.2, 0) is 0 Å². The van der Waals surface area contributed by atoms with E-state index in [0.717, 1.165) is 17.1 Å². The minimum Gasteiger partial charge on any atom is -0.352 e. The first kappa shape index (κ1) is 14.3. The topological polar surface area (TPSA) is 45.2 Å². The maximum absolute atomic E-state index is 12.1. The predicted molar refractivity (Wildman–Crippen MR) is 82.0 cm³/mol. The molecular formula is C14H17BrClN3O. The van der Waals surface area contributed by atoms with Gasteiger partial charge in [-0.15, -0.1) is 0 Å². The van der Waals surface area contributed by atoms with Crippen LogP contribution < -0.4 is 5.32 Å². The minimum absolute atomic E-state index is 0.145. The molecule has 1 N–H and O–H groups in total. The normalized spacial score (nSPS) is 23.0. The Balaban J connectivity index is 1.53. The number of nitrogens with zero attached hydrogens (tertiary/aromatic N) is 2. The third-order valence-corrected chi connectivity index (χ3v) is 4.72. The summed E-state index contributed by atoms with van der Waals surface area (Å²) in [6, 6.07) is 2.52. The first-order valence-electron chi connectivity index (χ1n) is 6.97. The van der Waals surface area contributed by atoms with E-state index in [9.17, 15) is 4.79 Å². The van der Waals surface area contributed by atoms with Crippen LogP contribution in [0.15, 0.2) is 16.7 Å². The van der Waals surface area contributed by atoms with Gasteiger partial charge in [-0.25, -0.2) is 4.98 Å². The molecule has 1 aromatic heterocycles. The second-order valence-electron chi connectivity index (χ2n) is 5.58. The Kier molecular flexibility index (Phi) is 4.29. The van der Waals surface area contributed by atoms with E-state index in [1.54, 1.807) is 12.3 Å². The van der Waals surface area contributed by atoms with Gasteiger partial charge < -0.3 is 10.2 Å². The molecule has 1 aliphatic heterocycles. The van der Waals surface area contributed by atoms with Gasteiger partial charge in [0, 0.05) is 29.8 Å². The number of halogens is 2. The van der Waals surface area contributed by atoms with Crippen molar-refractivity contribution in [3.63, 3.8) is 0 Å². The van der Waals surface area contributed by atoms with E-state index in [0.29, 0.717) is 18.0 Å². The Morgan fingerprint density at radius 2 is 2.30 bits per heavy atom. The van der Waals surface area contributed by atoms with Crippen molar-refractivity contribution in [2.75, 3.05) is 19.6 Å². The Labute approximate surface area is 132 Å². The van der Waals surface area contributed by atoms with Gasteiger partial charge in [-0.05, 0) is 53.7 Å². The number of rotatable bonds is 4. The maximum atomic E-state index is 12.1. The molecule has 1 aromatic rings. The van der Waals surface area contributed by atoms with Crippen molar-refractivity contribution in [2.45, 2.75) is 25.3 Å². The summed E-state index contributed by atoms with van der Waals surface area (Å²) in [4.78, 5) is 18.7. The summed E-state index contributed by atoms with van der Waals surface area (Å²) in [6.45, 7) is 2.99. The van der Waals surface area contributed by atoms with Crippen molar-refractivity contribution < 1.29 is 4.79 Å². The molecule has 1 unspecified atom stereocenters. The van der Waals surface area contributed by atoms with Gasteiger partial charge in [-0.1, -0.05) is 11.6 Å². The van der Waals surface area contributed by atoms with Crippen LogP contribution >= 0.6 is 27.5 Å². The van der Waals surface area contributed by atoms with Crippen molar-refractivity contribution in [3.8, 4) is 0 Å². The lowest BCUT2D eigenvalue weighted by molar-refractivity contribution is 0.0947. The number of hydrogen-bond donors (Lipinski definition) is 1. The number of amides is 1. The lowest BCUT2D eigenvalue weighted by Gasteiger charge is -2.15. The number of carbonyl (C=O) groups excluding carboxylic acids is 1. The van der Waals surface area contributed by atoms with Gasteiger partial charge in [0.1, 0.15) is 5.15 Å². The second kappa shape index (κ2) is 6.00. The lowest BCUT2D eigenvalue weighted by Crippen LogP contribution is -2.31. The molecule has 6 heteroatoms. The van der Waals surface area contributed by atoms with E-state index < -0.39 is 0 Å². The highest BCUT2D eigenvalue weighted by atomic mass is 79.9. The van der Waals surface area contributed by atoms with Gasteiger partial charge in [0.25, 0.3) is 5.91 Å². The summed E-state index contributed by atoms with van der Waals surface area (Å²) in [6.07, 6.45) is 5.45. The molecule has 2 aliphatic rings. The molecule has 0 spiro atoms. The Bertz CT molecular complexity index is 521. The van der Waals surface area contributed by atoms with E-state index >= 15 is 0 Å². The van der Waals surface area contributed by atoms with Crippen LogP contribution in [0.1, 0.15) is 29.6 Å². The number of carbonyl (C=O) groups is 1. The van der Waals surface area contributed by atoms with Gasteiger partial charge in [-0.2, -0.15) is 0 Å². The molecule has 1 aliphatic carbocycles. The van der Waals surface area contributed by atoms with Gasteiger partial charge in [0.15, 0.2) is 0 Å². The Hall–Kier alpha value is -0.650. The zero-order valence-electron chi connectivity index (χ0n) is 11.1. The van der Waals surface area contributed by atoms with Crippen molar-refractivity contribution in [3.05, 3.63) is 27.5 Å². The molecule has 4 nitrogen and oxygen atoms in total. The number of aromatic nitrogens is 1. The molecule has 20 heavy (non-hydrogen) atoms. The van der Waals surface area contributed by atoms with Crippen molar-refractivity contribution >= 4 is 33.4 Å². The maximum Gasteiger partial charge on any atom is 0.254 e. The molecule has 2 heterocycles. The van der Waals surface area contributed by atoms with Crippen molar-refractivity contribution in [1.82, 2.24) is 15.2 Å². The molecule has 0 bridgehead atoms. The average Bonchev–Trinajstić information content (AvgIpc) is 3.18. The van der Waals surface area contributed by atoms with Gasteiger partial charge in [0.05, 0.1) is 5.56 Å². The number of nitrogens with one attached hydrogen (secondary N) is 1. The van der Waals surface area contributed by atoms with Crippen LogP contribution in [0.25, 0.3) is 0 Å². The average molecular weight is 359 g/mol. The standard InChI is InChI=1S/C14H17BrClN3O/c15-10-5-12(13(16)17-7-10)14(20)18-6-9-3-4-19(8-9)11-1-2-11/h5,7,9,11H,1-4,6,8H2,(H,18,20). The van der Waals surface area contributed by atoms with Crippen LogP contribution in [-0.4, -0.2) is 41.5 Å². The van der Waals surface area contributed by atoms with E-state index in [-0.39, 0.29) is 11.1 Å². The Morgan fingerprint density at radius 3 is 3.05 bits per heavy atom. The molecule has 2 fully saturated rings. The smallest absolute Gasteiger partial charge is 0.254 e. The molecule has 0 aromatic carbocycles. The van der Waals surface area contributed by atoms with E-state index in [2.05, 4.69) is 31.1 Å². The van der Waals surface area contributed by atoms with E-state index in [4.69, 9.17) is 11.6 Å². The fraction of sp³-hybridized carbons (Fsp3) is 0.571. The molecule has 1 atom stereocenters. The minimum atomic E-state index is -0.145. The first-order chi connectivity index (χ1) is 9.63. The molecule has 1 saturated carbocycles. The van der Waals surface area contributed by atoms with Crippen LogP contribution in [0.5, 0.6) is 0 Å². The molecule has 108 valence electrons. The summed E-state index contributed by atoms with van der Waals surface area (Å²) in [5, 5.41) is 3.22. The van der Waals surface area contributed by atoms with Gasteiger partial charge >= 0.3 is 0 Å². The van der Waals surface area contributed by atoms with Crippen molar-refractivity contribution in [1.29, 1.82) is 0 Å². The highest BCUT2D eigenvalue weighted by molar-refractivity contribution is 9.10. The van der Waals surface area contributed by atoms with Crippen LogP contribution in [0.4, 0.5) is 0 Å². The van der Waals surface area contributed by atoms with Crippen LogP contribution in [0.3, 0.4) is 0 Å². The van der Waals surface area contributed by atoms with Crippen LogP contribution in [0, 0.1) is 5.92 Å². The zero-order valence-corrected chi connectivity index (χ0v) is 13.5. The fourth-order valence-electron chi connectivity index (χ4n) is 2.71. The van der Waals surface area contributed by atoms with Crippen LogP contribution in [0.2, 0.25) is 5.15 Å². The predicted octanol–water partition coefficient (Wildman–Crippen LogP) is 2.71. The third-order valence-electron chi connectivity index (χ3n) is 3.98. The highest BCUT2D eigenvalue weighted by Crippen LogP contribution is 2.31. The number of likely N-dealkylation sites (tertiary alicyclic amines) is 1. The summed E-state index contributed by atoms with van der Waals surface area (Å²) >= 11 is 9.26. The summed E-state index contributed by atoms with van der Waals surface area (Å²) in [7, 11) is 0. The molecule has 3 rings (SSSR count). The largest absolute Gasteiger partial charge is 0.352 e. The van der Waals surface area contributed by atoms with E-state index in [1.807, 2.05) is 0 Å². The zero-order chi connectivity index (χ0) is 14.1. The quantitative estimate of drug-likeness (QED) is 0.842. The lowest BCUT2D eigenvalue weighted by atomic mass is 10.1. The SMILES string of the molecule is O=C(NCC1CCN(C2CC2)C1)c1cc(Br)cnc1Cl. The molecule has 0 radical (unpaired) electrons. The van der Waals surface area contributed by atoms with Crippen molar-refractivity contribution in [2.24, 2.45) is 5.92 Å².